The van der Waals surface area contributed by atoms with E-state index >= 15 is 0 Å². The summed E-state index contributed by atoms with van der Waals surface area (Å²) in [5.41, 5.74) is 0.677. The third kappa shape index (κ3) is 7.45. The monoisotopic (exact) mass is 506 g/mol. The smallest absolute Gasteiger partial charge is 0.416 e. The molecule has 1 amide bonds. The molecule has 0 aliphatic heterocycles. The Hall–Kier alpha value is -4.09. The van der Waals surface area contributed by atoms with Gasteiger partial charge >= 0.3 is 18.2 Å². The number of carbonyl (C=O) groups excluding carboxylic acids is 1. The van der Waals surface area contributed by atoms with Crippen molar-refractivity contribution in [3.05, 3.63) is 59.7 Å². The zero-order chi connectivity index (χ0) is 26.3. The van der Waals surface area contributed by atoms with Crippen molar-refractivity contribution in [2.45, 2.75) is 32.5 Å². The number of carboxylic acid groups (broad SMARTS) is 1. The zero-order valence-corrected chi connectivity index (χ0v) is 19.5. The molecule has 0 radical (unpaired) electrons. The van der Waals surface area contributed by atoms with Crippen LogP contribution in [0.4, 0.5) is 18.9 Å². The molecule has 0 spiro atoms. The van der Waals surface area contributed by atoms with Crippen LogP contribution in [0.2, 0.25) is 0 Å². The first-order valence-corrected chi connectivity index (χ1v) is 11.0. The zero-order valence-electron chi connectivity index (χ0n) is 19.5. The highest BCUT2D eigenvalue weighted by Crippen LogP contribution is 2.31. The van der Waals surface area contributed by atoms with Gasteiger partial charge in [-0.05, 0) is 54.4 Å². The van der Waals surface area contributed by atoms with Crippen LogP contribution in [0.5, 0.6) is 6.08 Å². The number of carboxylic acids is 1. The normalized spacial score (nSPS) is 12.3. The predicted molar refractivity (Wildman–Crippen MR) is 124 cm³/mol. The molecule has 1 atom stereocenters. The highest BCUT2D eigenvalue weighted by atomic mass is 19.4. The summed E-state index contributed by atoms with van der Waals surface area (Å²) in [6.45, 7) is 4.15. The van der Waals surface area contributed by atoms with Crippen LogP contribution in [0, 0.1) is 5.92 Å². The summed E-state index contributed by atoms with van der Waals surface area (Å²) in [6.07, 6.45) is -4.71. The first-order valence-electron chi connectivity index (χ1n) is 11.0. The van der Waals surface area contributed by atoms with Crippen LogP contribution in [-0.2, 0) is 11.0 Å². The molecule has 3 aromatic rings. The van der Waals surface area contributed by atoms with Gasteiger partial charge in [-0.25, -0.2) is 0 Å². The number of carbonyl (C=O) groups is 2. The fourth-order valence-corrected chi connectivity index (χ4v) is 3.07. The number of alkyl halides is 3. The molecule has 36 heavy (non-hydrogen) atoms. The number of hydrogen-bond acceptors (Lipinski definition) is 7. The Bertz CT molecular complexity index is 1160. The molecule has 0 fully saturated rings. The minimum absolute atomic E-state index is 0.0324. The molecule has 12 heteroatoms. The second kappa shape index (κ2) is 11.6. The molecule has 0 saturated carbocycles. The minimum Gasteiger partial charge on any atom is -0.481 e. The predicted octanol–water partition coefficient (Wildman–Crippen LogP) is 4.48. The van der Waals surface area contributed by atoms with Gasteiger partial charge in [-0.2, -0.15) is 13.2 Å². The lowest BCUT2D eigenvalue weighted by atomic mass is 10.0. The Morgan fingerprint density at radius 1 is 1.06 bits per heavy atom. The molecule has 192 valence electrons. The Kier molecular flexibility index (Phi) is 8.51. The van der Waals surface area contributed by atoms with Crippen molar-refractivity contribution < 1.29 is 37.0 Å². The third-order valence-electron chi connectivity index (χ3n) is 5.18. The molecule has 2 aromatic carbocycles. The fraction of sp³-hybridized carbons (Fsp3) is 0.333. The molecule has 0 saturated heterocycles. The van der Waals surface area contributed by atoms with E-state index in [9.17, 15) is 22.8 Å². The number of aromatic nitrogens is 2. The summed E-state index contributed by atoms with van der Waals surface area (Å²) in [4.78, 5) is 22.6. The SMILES string of the molecule is CC(C)[C@@H](COc1nnc(-c2ccc(C(F)(F)F)cc2)o1)Nc1ccc(C(=O)NCCC(=O)O)cc1. The van der Waals surface area contributed by atoms with Gasteiger partial charge in [0, 0.05) is 23.4 Å². The molecular weight excluding hydrogens is 481 g/mol. The van der Waals surface area contributed by atoms with E-state index < -0.39 is 17.7 Å². The van der Waals surface area contributed by atoms with E-state index in [2.05, 4.69) is 20.8 Å². The topological polar surface area (TPSA) is 127 Å². The summed E-state index contributed by atoms with van der Waals surface area (Å²) < 4.78 is 49.2. The van der Waals surface area contributed by atoms with Crippen molar-refractivity contribution in [1.29, 1.82) is 0 Å². The molecular formula is C24H25F3N4O5. The van der Waals surface area contributed by atoms with Gasteiger partial charge in [0.2, 0.25) is 0 Å². The van der Waals surface area contributed by atoms with Crippen molar-refractivity contribution in [2.24, 2.45) is 5.92 Å². The lowest BCUT2D eigenvalue weighted by molar-refractivity contribution is -0.138. The summed E-state index contributed by atoms with van der Waals surface area (Å²) in [5, 5.41) is 22.1. The fourth-order valence-electron chi connectivity index (χ4n) is 3.07. The van der Waals surface area contributed by atoms with Gasteiger partial charge < -0.3 is 24.9 Å². The number of halogens is 3. The molecule has 0 bridgehead atoms. The molecule has 0 unspecified atom stereocenters. The van der Waals surface area contributed by atoms with Crippen molar-refractivity contribution in [2.75, 3.05) is 18.5 Å². The second-order valence-electron chi connectivity index (χ2n) is 8.23. The van der Waals surface area contributed by atoms with E-state index in [1.165, 1.54) is 12.1 Å². The van der Waals surface area contributed by atoms with Gasteiger partial charge in [0.25, 0.3) is 11.8 Å². The van der Waals surface area contributed by atoms with E-state index in [0.717, 1.165) is 17.8 Å². The average molecular weight is 506 g/mol. The van der Waals surface area contributed by atoms with Crippen molar-refractivity contribution in [1.82, 2.24) is 15.5 Å². The largest absolute Gasteiger partial charge is 0.481 e. The maximum Gasteiger partial charge on any atom is 0.416 e. The van der Waals surface area contributed by atoms with Crippen LogP contribution in [0.25, 0.3) is 11.5 Å². The number of ether oxygens (including phenoxy) is 1. The van der Waals surface area contributed by atoms with Crippen LogP contribution < -0.4 is 15.4 Å². The quantitative estimate of drug-likeness (QED) is 0.348. The van der Waals surface area contributed by atoms with Gasteiger partial charge in [-0.3, -0.25) is 9.59 Å². The number of anilines is 1. The molecule has 3 rings (SSSR count). The first-order chi connectivity index (χ1) is 17.0. The van der Waals surface area contributed by atoms with Crippen LogP contribution in [0.1, 0.15) is 36.2 Å². The summed E-state index contributed by atoms with van der Waals surface area (Å²) in [7, 11) is 0. The molecule has 9 nitrogen and oxygen atoms in total. The van der Waals surface area contributed by atoms with Gasteiger partial charge in [-0.15, -0.1) is 5.10 Å². The third-order valence-corrected chi connectivity index (χ3v) is 5.18. The second-order valence-corrected chi connectivity index (χ2v) is 8.23. The summed E-state index contributed by atoms with van der Waals surface area (Å²) >= 11 is 0. The maximum atomic E-state index is 12.7. The number of benzene rings is 2. The molecule has 0 aliphatic carbocycles. The lowest BCUT2D eigenvalue weighted by Crippen LogP contribution is -2.32. The Morgan fingerprint density at radius 2 is 1.72 bits per heavy atom. The highest BCUT2D eigenvalue weighted by Gasteiger charge is 2.30. The van der Waals surface area contributed by atoms with Crippen molar-refractivity contribution >= 4 is 17.6 Å². The van der Waals surface area contributed by atoms with Gasteiger partial charge in [0.1, 0.15) is 6.61 Å². The van der Waals surface area contributed by atoms with Crippen molar-refractivity contribution in [3.8, 4) is 17.5 Å². The van der Waals surface area contributed by atoms with Gasteiger partial charge in [0.15, 0.2) is 0 Å². The summed E-state index contributed by atoms with van der Waals surface area (Å²) in [6, 6.07) is 10.8. The Labute approximate surface area is 204 Å². The summed E-state index contributed by atoms with van der Waals surface area (Å²) in [5.74, 6) is -1.20. The average Bonchev–Trinajstić information content (AvgIpc) is 3.30. The Balaban J connectivity index is 1.56. The maximum absolute atomic E-state index is 12.7. The first kappa shape index (κ1) is 26.5. The number of amides is 1. The van der Waals surface area contributed by atoms with Crippen LogP contribution in [0.15, 0.2) is 52.9 Å². The van der Waals surface area contributed by atoms with E-state index in [4.69, 9.17) is 14.3 Å². The standard InChI is InChI=1S/C24H25F3N4O5/c1-14(2)19(29-18-9-5-15(6-10-18)21(34)28-12-11-20(32)33)13-35-23-31-30-22(36-23)16-3-7-17(8-4-16)24(25,26)27/h3-10,14,19,29H,11-13H2,1-2H3,(H,28,34)(H,32,33)/t19-/m1/s1. The number of nitrogens with one attached hydrogen (secondary N) is 2. The van der Waals surface area contributed by atoms with Gasteiger partial charge in [-0.1, -0.05) is 18.9 Å². The number of rotatable bonds is 11. The van der Waals surface area contributed by atoms with E-state index in [-0.39, 0.29) is 49.4 Å². The van der Waals surface area contributed by atoms with Gasteiger partial charge in [0.05, 0.1) is 18.0 Å². The van der Waals surface area contributed by atoms with Crippen molar-refractivity contribution in [3.63, 3.8) is 0 Å². The van der Waals surface area contributed by atoms with E-state index in [1.807, 2.05) is 13.8 Å². The Morgan fingerprint density at radius 3 is 2.31 bits per heavy atom. The van der Waals surface area contributed by atoms with E-state index in [0.29, 0.717) is 11.1 Å². The molecule has 1 aromatic heterocycles. The number of nitrogens with zero attached hydrogens (tertiary/aromatic N) is 2. The molecule has 3 N–H and O–H groups in total. The van der Waals surface area contributed by atoms with Crippen LogP contribution in [0.3, 0.4) is 0 Å². The minimum atomic E-state index is -4.44. The molecule has 0 aliphatic rings. The highest BCUT2D eigenvalue weighted by molar-refractivity contribution is 5.94. The molecule has 1 heterocycles. The lowest BCUT2D eigenvalue weighted by Gasteiger charge is -2.23. The number of hydrogen-bond donors (Lipinski definition) is 3. The van der Waals surface area contributed by atoms with E-state index in [1.54, 1.807) is 24.3 Å². The van der Waals surface area contributed by atoms with Crippen LogP contribution in [-0.4, -0.2) is 46.4 Å². The van der Waals surface area contributed by atoms with Crippen LogP contribution >= 0.6 is 0 Å². The number of aliphatic carboxylic acids is 1.